The van der Waals surface area contributed by atoms with Gasteiger partial charge in [-0.25, -0.2) is 35.9 Å². The van der Waals surface area contributed by atoms with Gasteiger partial charge in [-0.1, -0.05) is 6.07 Å². The quantitative estimate of drug-likeness (QED) is 0.0491. The molecule has 3 heterocycles. The van der Waals surface area contributed by atoms with Crippen LogP contribution in [-0.2, 0) is 22.4 Å². The van der Waals surface area contributed by atoms with Gasteiger partial charge in [0.05, 0.1) is 18.7 Å². The van der Waals surface area contributed by atoms with Gasteiger partial charge in [0.15, 0.2) is 23.3 Å². The van der Waals surface area contributed by atoms with E-state index >= 15 is 0 Å². The van der Waals surface area contributed by atoms with Gasteiger partial charge in [-0.3, -0.25) is 0 Å². The first-order valence-electron chi connectivity index (χ1n) is 15.9. The van der Waals surface area contributed by atoms with Gasteiger partial charge >= 0.3 is 11.6 Å². The Morgan fingerprint density at radius 3 is 1.83 bits per heavy atom. The molecule has 15 heteroatoms. The molecule has 0 saturated heterocycles. The maximum absolute atomic E-state index is 14.1. The molecule has 0 saturated carbocycles. The number of hydrogen-bond acceptors (Lipinski definition) is 9. The Morgan fingerprint density at radius 1 is 0.792 bits per heavy atom. The van der Waals surface area contributed by atoms with Crippen molar-refractivity contribution in [1.82, 2.24) is 0 Å². The summed E-state index contributed by atoms with van der Waals surface area (Å²) < 4.78 is 102. The Balaban J connectivity index is 0.000000176. The zero-order valence-electron chi connectivity index (χ0n) is 27.7. The second-order valence-electron chi connectivity index (χ2n) is 11.7. The summed E-state index contributed by atoms with van der Waals surface area (Å²) in [5.41, 5.74) is 12.7. The topological polar surface area (TPSA) is 147 Å². The molecule has 7 rings (SSSR count). The van der Waals surface area contributed by atoms with Crippen LogP contribution >= 0.6 is 0 Å². The smallest absolute Gasteiger partial charge is 0.384 e. The second kappa shape index (κ2) is 16.1. The van der Waals surface area contributed by atoms with Gasteiger partial charge in [-0.2, -0.15) is 0 Å². The SMILES string of the molecule is C#CC(=O)OCC.NC1Cc2c(O)cccc2OC1c1cc(F)c(F)cc1F.NC1Cc2c(ccc3ccc(=O)oc23)OC1c1cc(F)c(F)cc1F. The van der Waals surface area contributed by atoms with Gasteiger partial charge in [0, 0.05) is 51.8 Å². The highest BCUT2D eigenvalue weighted by Gasteiger charge is 2.34. The number of ether oxygens (including phenoxy) is 3. The zero-order chi connectivity index (χ0) is 38.6. The average Bonchev–Trinajstić information content (AvgIpc) is 3.12. The van der Waals surface area contributed by atoms with E-state index in [2.05, 4.69) is 11.2 Å². The molecule has 5 N–H and O–H groups in total. The number of halogens is 6. The van der Waals surface area contributed by atoms with E-state index in [1.54, 1.807) is 43.2 Å². The first-order chi connectivity index (χ1) is 25.2. The van der Waals surface area contributed by atoms with Gasteiger partial charge in [0.2, 0.25) is 0 Å². The van der Waals surface area contributed by atoms with Crippen LogP contribution in [-0.4, -0.2) is 29.8 Å². The number of fused-ring (bicyclic) bond motifs is 4. The molecule has 0 bridgehead atoms. The number of aromatic hydroxyl groups is 1. The number of esters is 1. The molecule has 0 spiro atoms. The van der Waals surface area contributed by atoms with Crippen LogP contribution < -0.4 is 26.6 Å². The third-order valence-corrected chi connectivity index (χ3v) is 8.21. The summed E-state index contributed by atoms with van der Waals surface area (Å²) in [5, 5.41) is 10.4. The van der Waals surface area contributed by atoms with Crippen LogP contribution in [0, 0.1) is 47.2 Å². The van der Waals surface area contributed by atoms with Crippen molar-refractivity contribution >= 4 is 16.9 Å². The van der Waals surface area contributed by atoms with E-state index < -0.39 is 70.8 Å². The number of hydrogen-bond donors (Lipinski definition) is 3. The Hall–Kier alpha value is -5.98. The van der Waals surface area contributed by atoms with Crippen LogP contribution in [0.3, 0.4) is 0 Å². The molecule has 4 atom stereocenters. The van der Waals surface area contributed by atoms with Crippen molar-refractivity contribution in [3.05, 3.63) is 134 Å². The van der Waals surface area contributed by atoms with Crippen molar-refractivity contribution in [3.63, 3.8) is 0 Å². The molecule has 0 radical (unpaired) electrons. The molecule has 53 heavy (non-hydrogen) atoms. The molecule has 4 aromatic carbocycles. The van der Waals surface area contributed by atoms with E-state index in [1.807, 2.05) is 0 Å². The van der Waals surface area contributed by atoms with Gasteiger partial charge in [0.25, 0.3) is 0 Å². The predicted octanol–water partition coefficient (Wildman–Crippen LogP) is 6.21. The van der Waals surface area contributed by atoms with E-state index in [9.17, 15) is 41.0 Å². The average molecular weight is 741 g/mol. The largest absolute Gasteiger partial charge is 0.508 e. The highest BCUT2D eigenvalue weighted by molar-refractivity contribution is 5.87. The Labute approximate surface area is 297 Å². The van der Waals surface area contributed by atoms with Crippen LogP contribution in [0.4, 0.5) is 26.3 Å². The summed E-state index contributed by atoms with van der Waals surface area (Å²) in [5.74, 6) is -4.78. The Bertz CT molecular complexity index is 2280. The van der Waals surface area contributed by atoms with Crippen molar-refractivity contribution in [2.45, 2.75) is 44.1 Å². The first kappa shape index (κ1) is 38.3. The van der Waals surface area contributed by atoms with Crippen LogP contribution in [0.25, 0.3) is 11.0 Å². The van der Waals surface area contributed by atoms with Crippen molar-refractivity contribution in [1.29, 1.82) is 0 Å². The highest BCUT2D eigenvalue weighted by atomic mass is 19.2. The standard InChI is InChI=1S/C18H12F3NO3.C15H12F3NO2.C5H6O2/c19-11-7-13(21)12(20)5-9(11)18-14(22)6-10-15(24-18)3-1-8-2-4-16(23)25-17(8)10;16-9-6-11(18)10(17)4-7(9)15-12(19)5-8-13(20)2-1-3-14(8)21-15;1-3-5(6)7-4-2/h1-5,7,14,18H,6,22H2;1-4,6,12,15,20H,5,19H2;1H,4H2,2H3. The van der Waals surface area contributed by atoms with E-state index in [1.165, 1.54) is 12.1 Å². The van der Waals surface area contributed by atoms with Crippen LogP contribution in [0.15, 0.2) is 75.9 Å². The molecule has 0 fully saturated rings. The monoisotopic (exact) mass is 740 g/mol. The molecule has 276 valence electrons. The van der Waals surface area contributed by atoms with Crippen molar-refractivity contribution < 1.29 is 54.9 Å². The summed E-state index contributed by atoms with van der Waals surface area (Å²) in [6.45, 7) is 2.05. The van der Waals surface area contributed by atoms with Crippen LogP contribution in [0.5, 0.6) is 17.2 Å². The molecule has 5 aromatic rings. The molecule has 0 amide bonds. The number of benzene rings is 4. The maximum atomic E-state index is 14.1. The lowest BCUT2D eigenvalue weighted by molar-refractivity contribution is -0.136. The van der Waals surface area contributed by atoms with Gasteiger partial charge in [-0.15, -0.1) is 6.42 Å². The van der Waals surface area contributed by atoms with Gasteiger partial charge in [-0.05, 0) is 62.2 Å². The fourth-order valence-corrected chi connectivity index (χ4v) is 5.75. The molecule has 4 unspecified atom stereocenters. The Kier molecular flexibility index (Phi) is 11.6. The maximum Gasteiger partial charge on any atom is 0.384 e. The van der Waals surface area contributed by atoms with Gasteiger partial charge < -0.3 is 35.2 Å². The summed E-state index contributed by atoms with van der Waals surface area (Å²) >= 11 is 0. The van der Waals surface area contributed by atoms with E-state index in [-0.39, 0.29) is 29.7 Å². The minimum Gasteiger partial charge on any atom is -0.508 e. The van der Waals surface area contributed by atoms with E-state index in [0.717, 1.165) is 12.1 Å². The number of nitrogens with two attached hydrogens (primary N) is 2. The fraction of sp³-hybridized carbons (Fsp3) is 0.211. The number of carbonyl (C=O) groups is 1. The Morgan fingerprint density at radius 2 is 1.30 bits per heavy atom. The minimum absolute atomic E-state index is 0.0344. The molecule has 9 nitrogen and oxygen atoms in total. The molecule has 0 aliphatic carbocycles. The number of terminal acetylenes is 1. The molecular weight excluding hydrogens is 710 g/mol. The lowest BCUT2D eigenvalue weighted by Crippen LogP contribution is -2.38. The minimum atomic E-state index is -1.28. The van der Waals surface area contributed by atoms with E-state index in [4.69, 9.17) is 25.4 Å². The third kappa shape index (κ3) is 8.40. The summed E-state index contributed by atoms with van der Waals surface area (Å²) in [6.07, 6.45) is 3.16. The fourth-order valence-electron chi connectivity index (χ4n) is 5.75. The summed E-state index contributed by atoms with van der Waals surface area (Å²) in [6, 6.07) is 11.9. The third-order valence-electron chi connectivity index (χ3n) is 8.21. The predicted molar refractivity (Wildman–Crippen MR) is 179 cm³/mol. The summed E-state index contributed by atoms with van der Waals surface area (Å²) in [4.78, 5) is 21.4. The van der Waals surface area contributed by atoms with Crippen molar-refractivity contribution in [2.75, 3.05) is 6.61 Å². The molecule has 2 aliphatic rings. The lowest BCUT2D eigenvalue weighted by atomic mass is 9.92. The number of carbonyl (C=O) groups excluding carboxylic acids is 1. The lowest BCUT2D eigenvalue weighted by Gasteiger charge is -2.32. The first-order valence-corrected chi connectivity index (χ1v) is 15.9. The number of rotatable bonds is 3. The summed E-state index contributed by atoms with van der Waals surface area (Å²) in [7, 11) is 0. The van der Waals surface area contributed by atoms with Crippen LogP contribution in [0.2, 0.25) is 0 Å². The molecular formula is C38H30F6N2O7. The molecule has 1 aromatic heterocycles. The zero-order valence-corrected chi connectivity index (χ0v) is 27.7. The second-order valence-corrected chi connectivity index (χ2v) is 11.7. The number of phenolic OH excluding ortho intramolecular Hbond substituents is 1. The number of phenols is 1. The highest BCUT2D eigenvalue weighted by Crippen LogP contribution is 2.40. The van der Waals surface area contributed by atoms with E-state index in [0.29, 0.717) is 52.3 Å². The van der Waals surface area contributed by atoms with Crippen molar-refractivity contribution in [3.8, 4) is 29.6 Å². The van der Waals surface area contributed by atoms with Gasteiger partial charge in [0.1, 0.15) is 46.7 Å². The normalized spacial score (nSPS) is 18.3. The van der Waals surface area contributed by atoms with Crippen molar-refractivity contribution in [2.24, 2.45) is 11.5 Å². The van der Waals surface area contributed by atoms with Crippen LogP contribution in [0.1, 0.15) is 41.4 Å². The molecule has 2 aliphatic heterocycles.